The minimum absolute atomic E-state index is 0.0352. The highest BCUT2D eigenvalue weighted by Gasteiger charge is 2.35. The van der Waals surface area contributed by atoms with E-state index >= 15 is 0 Å². The van der Waals surface area contributed by atoms with Gasteiger partial charge in [-0.3, -0.25) is 14.5 Å². The summed E-state index contributed by atoms with van der Waals surface area (Å²) in [4.78, 5) is 25.8. The number of imide groups is 1. The number of primary sulfonamides is 1. The second-order valence-corrected chi connectivity index (χ2v) is 9.17. The second kappa shape index (κ2) is 7.80. The van der Waals surface area contributed by atoms with E-state index in [0.717, 1.165) is 16.7 Å². The Morgan fingerprint density at radius 3 is 2.63 bits per heavy atom. The summed E-state index contributed by atoms with van der Waals surface area (Å²) in [6.07, 6.45) is 2.94. The van der Waals surface area contributed by atoms with Crippen LogP contribution < -0.4 is 5.14 Å². The van der Waals surface area contributed by atoms with Crippen molar-refractivity contribution in [2.24, 2.45) is 5.14 Å². The third-order valence-corrected chi connectivity index (χ3v) is 6.49. The maximum atomic E-state index is 12.5. The maximum absolute atomic E-state index is 12.5. The summed E-state index contributed by atoms with van der Waals surface area (Å²) in [6, 6.07) is 10.8. The maximum Gasteiger partial charge on any atom is 0.293 e. The van der Waals surface area contributed by atoms with E-state index in [4.69, 9.17) is 25.6 Å². The van der Waals surface area contributed by atoms with E-state index in [-0.39, 0.29) is 21.4 Å². The smallest absolute Gasteiger partial charge is 0.293 e. The molecule has 154 valence electrons. The molecule has 1 saturated heterocycles. The molecule has 1 aromatic carbocycles. The quantitative estimate of drug-likeness (QED) is 0.564. The molecule has 1 fully saturated rings. The molecule has 0 atom stereocenters. The zero-order valence-electron chi connectivity index (χ0n) is 15.1. The molecule has 3 heterocycles. The lowest BCUT2D eigenvalue weighted by Gasteiger charge is -2.09. The number of benzene rings is 1. The number of carbonyl (C=O) groups is 2. The molecule has 2 aromatic heterocycles. The summed E-state index contributed by atoms with van der Waals surface area (Å²) >= 11 is 6.81. The molecule has 0 radical (unpaired) electrons. The molecule has 0 bridgehead atoms. The molecular formula is C19H13ClN2O6S2. The molecule has 2 N–H and O–H groups in total. The lowest BCUT2D eigenvalue weighted by atomic mass is 10.2. The molecule has 2 amide bonds. The largest absolute Gasteiger partial charge is 0.467 e. The highest BCUT2D eigenvalue weighted by atomic mass is 35.5. The molecule has 0 unspecified atom stereocenters. The Morgan fingerprint density at radius 2 is 1.97 bits per heavy atom. The van der Waals surface area contributed by atoms with Crippen molar-refractivity contribution in [3.63, 3.8) is 0 Å². The number of sulfonamides is 1. The van der Waals surface area contributed by atoms with Crippen molar-refractivity contribution in [1.82, 2.24) is 4.90 Å². The molecule has 11 heteroatoms. The molecule has 4 rings (SSSR count). The summed E-state index contributed by atoms with van der Waals surface area (Å²) in [5, 5.41) is 4.67. The van der Waals surface area contributed by atoms with Gasteiger partial charge in [-0.05, 0) is 54.2 Å². The average Bonchev–Trinajstić information content (AvgIpc) is 3.40. The second-order valence-electron chi connectivity index (χ2n) is 6.24. The lowest BCUT2D eigenvalue weighted by molar-refractivity contribution is -0.123. The molecule has 3 aromatic rings. The van der Waals surface area contributed by atoms with Crippen LogP contribution in [-0.4, -0.2) is 24.5 Å². The van der Waals surface area contributed by atoms with Crippen molar-refractivity contribution in [3.05, 3.63) is 70.2 Å². The van der Waals surface area contributed by atoms with E-state index in [1.54, 1.807) is 24.3 Å². The summed E-state index contributed by atoms with van der Waals surface area (Å²) in [6.45, 7) is 0.0489. The molecular weight excluding hydrogens is 452 g/mol. The number of furan rings is 2. The van der Waals surface area contributed by atoms with Crippen LogP contribution in [0.5, 0.6) is 0 Å². The molecule has 1 aliphatic heterocycles. The molecule has 0 saturated carbocycles. The first kappa shape index (κ1) is 20.5. The lowest BCUT2D eigenvalue weighted by Crippen LogP contribution is -2.27. The van der Waals surface area contributed by atoms with Crippen molar-refractivity contribution in [2.75, 3.05) is 0 Å². The first-order chi connectivity index (χ1) is 14.2. The van der Waals surface area contributed by atoms with Gasteiger partial charge in [-0.15, -0.1) is 0 Å². The third-order valence-electron chi connectivity index (χ3n) is 4.19. The number of nitrogens with zero attached hydrogens (tertiary/aromatic N) is 1. The number of thioether (sulfide) groups is 1. The number of rotatable bonds is 5. The SMILES string of the molecule is NS(=O)(=O)c1ccc(-c2ccc(/C=C3/SC(=O)N(Cc4ccco4)C3=O)o2)cc1Cl. The molecule has 1 aliphatic rings. The summed E-state index contributed by atoms with van der Waals surface area (Å²) < 4.78 is 33.8. The van der Waals surface area contributed by atoms with E-state index < -0.39 is 21.2 Å². The molecule has 8 nitrogen and oxygen atoms in total. The van der Waals surface area contributed by atoms with Gasteiger partial charge in [-0.2, -0.15) is 0 Å². The van der Waals surface area contributed by atoms with Crippen LogP contribution in [0.15, 0.2) is 67.4 Å². The molecule has 0 aliphatic carbocycles. The predicted molar refractivity (Wildman–Crippen MR) is 111 cm³/mol. The third kappa shape index (κ3) is 4.08. The highest BCUT2D eigenvalue weighted by Crippen LogP contribution is 2.35. The minimum atomic E-state index is -3.93. The van der Waals surface area contributed by atoms with Crippen molar-refractivity contribution < 1.29 is 26.8 Å². The van der Waals surface area contributed by atoms with Crippen LogP contribution in [0.2, 0.25) is 5.02 Å². The Bertz CT molecular complexity index is 1280. The van der Waals surface area contributed by atoms with Gasteiger partial charge in [0.15, 0.2) is 0 Å². The predicted octanol–water partition coefficient (Wildman–Crippen LogP) is 4.08. The van der Waals surface area contributed by atoms with Gasteiger partial charge < -0.3 is 8.83 Å². The Kier molecular flexibility index (Phi) is 5.33. The van der Waals surface area contributed by atoms with E-state index in [2.05, 4.69) is 0 Å². The zero-order chi connectivity index (χ0) is 21.5. The Hall–Kier alpha value is -2.79. The Labute approximate surface area is 180 Å². The van der Waals surface area contributed by atoms with Crippen molar-refractivity contribution >= 4 is 50.6 Å². The van der Waals surface area contributed by atoms with E-state index in [1.807, 2.05) is 0 Å². The monoisotopic (exact) mass is 464 g/mol. The van der Waals surface area contributed by atoms with Gasteiger partial charge in [0.1, 0.15) is 22.2 Å². The van der Waals surface area contributed by atoms with Crippen LogP contribution in [0.1, 0.15) is 11.5 Å². The fourth-order valence-electron chi connectivity index (χ4n) is 2.79. The fraction of sp³-hybridized carbons (Fsp3) is 0.0526. The Balaban J connectivity index is 1.56. The van der Waals surface area contributed by atoms with Gasteiger partial charge in [0.05, 0.1) is 22.7 Å². The topological polar surface area (TPSA) is 124 Å². The van der Waals surface area contributed by atoms with E-state index in [1.165, 1.54) is 30.5 Å². The number of halogens is 1. The van der Waals surface area contributed by atoms with Crippen LogP contribution in [-0.2, 0) is 21.4 Å². The van der Waals surface area contributed by atoms with Crippen molar-refractivity contribution in [1.29, 1.82) is 0 Å². The van der Waals surface area contributed by atoms with Crippen LogP contribution in [0, 0.1) is 0 Å². The van der Waals surface area contributed by atoms with Crippen molar-refractivity contribution in [3.8, 4) is 11.3 Å². The molecule has 0 spiro atoms. The Morgan fingerprint density at radius 1 is 1.17 bits per heavy atom. The van der Waals surface area contributed by atoms with Crippen LogP contribution in [0.3, 0.4) is 0 Å². The van der Waals surface area contributed by atoms with Gasteiger partial charge >= 0.3 is 0 Å². The number of hydrogen-bond acceptors (Lipinski definition) is 7. The van der Waals surface area contributed by atoms with E-state index in [9.17, 15) is 18.0 Å². The highest BCUT2D eigenvalue weighted by molar-refractivity contribution is 8.18. The standard InChI is InChI=1S/C19H13ClN2O6S2/c20-14-8-11(3-6-17(14)30(21,25)26)15-5-4-12(28-15)9-16-18(23)22(19(24)29-16)10-13-2-1-7-27-13/h1-9H,10H2,(H2,21,25,26)/b16-9+. The van der Waals surface area contributed by atoms with Crippen LogP contribution in [0.25, 0.3) is 17.4 Å². The summed E-state index contributed by atoms with van der Waals surface area (Å²) in [5.41, 5.74) is 0.526. The first-order valence-corrected chi connectivity index (χ1v) is 11.2. The number of nitrogens with two attached hydrogens (primary N) is 1. The molecule has 30 heavy (non-hydrogen) atoms. The van der Waals surface area contributed by atoms with E-state index in [0.29, 0.717) is 22.8 Å². The summed E-state index contributed by atoms with van der Waals surface area (Å²) in [5.74, 6) is 0.803. The minimum Gasteiger partial charge on any atom is -0.467 e. The normalized spacial score (nSPS) is 16.1. The first-order valence-electron chi connectivity index (χ1n) is 8.43. The van der Waals surface area contributed by atoms with Gasteiger partial charge in [-0.25, -0.2) is 13.6 Å². The van der Waals surface area contributed by atoms with Gasteiger partial charge in [0.25, 0.3) is 11.1 Å². The zero-order valence-corrected chi connectivity index (χ0v) is 17.5. The van der Waals surface area contributed by atoms with Gasteiger partial charge in [-0.1, -0.05) is 11.6 Å². The van der Waals surface area contributed by atoms with Crippen LogP contribution in [0.4, 0.5) is 4.79 Å². The number of hydrogen-bond donors (Lipinski definition) is 1. The summed E-state index contributed by atoms with van der Waals surface area (Å²) in [7, 11) is -3.93. The fourth-order valence-corrected chi connectivity index (χ4v) is 4.70. The number of amides is 2. The van der Waals surface area contributed by atoms with Crippen molar-refractivity contribution in [2.45, 2.75) is 11.4 Å². The number of carbonyl (C=O) groups excluding carboxylic acids is 2. The van der Waals surface area contributed by atoms with Gasteiger partial charge in [0.2, 0.25) is 10.0 Å². The van der Waals surface area contributed by atoms with Crippen LogP contribution >= 0.6 is 23.4 Å². The van der Waals surface area contributed by atoms with Gasteiger partial charge in [0, 0.05) is 11.6 Å². The average molecular weight is 465 g/mol.